The number of benzene rings is 1. The van der Waals surface area contributed by atoms with E-state index < -0.39 is 0 Å². The molecule has 0 atom stereocenters. The largest absolute Gasteiger partial charge is 0.383 e. The summed E-state index contributed by atoms with van der Waals surface area (Å²) in [7, 11) is 0. The molecule has 0 aromatic heterocycles. The van der Waals surface area contributed by atoms with E-state index in [4.69, 9.17) is 4.74 Å². The number of anilines is 1. The Morgan fingerprint density at radius 2 is 1.81 bits per heavy atom. The van der Waals surface area contributed by atoms with Gasteiger partial charge < -0.3 is 10.1 Å². The summed E-state index contributed by atoms with van der Waals surface area (Å²) in [5.41, 5.74) is 1.15. The molecule has 0 radical (unpaired) electrons. The van der Waals surface area contributed by atoms with E-state index in [-0.39, 0.29) is 0 Å². The van der Waals surface area contributed by atoms with E-state index in [1.807, 2.05) is 6.07 Å². The molecule has 1 aromatic rings. The second-order valence-corrected chi connectivity index (χ2v) is 5.74. The minimum atomic E-state index is 0.729. The van der Waals surface area contributed by atoms with Crippen LogP contribution in [0.1, 0.15) is 12.8 Å². The van der Waals surface area contributed by atoms with Gasteiger partial charge in [0.25, 0.3) is 0 Å². The molecule has 0 spiro atoms. The van der Waals surface area contributed by atoms with Gasteiger partial charge >= 0.3 is 0 Å². The number of rotatable bonds is 3. The third-order valence-electron chi connectivity index (χ3n) is 2.87. The lowest BCUT2D eigenvalue weighted by atomic mass is 10.0. The van der Waals surface area contributed by atoms with Crippen molar-refractivity contribution in [3.8, 4) is 0 Å². The van der Waals surface area contributed by atoms with Gasteiger partial charge in [-0.25, -0.2) is 0 Å². The van der Waals surface area contributed by atoms with Crippen molar-refractivity contribution >= 4 is 37.5 Å². The van der Waals surface area contributed by atoms with Gasteiger partial charge in [0.1, 0.15) is 0 Å². The zero-order valence-corrected chi connectivity index (χ0v) is 12.2. The number of hydrogen-bond donors (Lipinski definition) is 1. The quantitative estimate of drug-likeness (QED) is 0.889. The first-order valence-corrected chi connectivity index (χ1v) is 7.11. The highest BCUT2D eigenvalue weighted by molar-refractivity contribution is 9.11. The lowest BCUT2D eigenvalue weighted by molar-refractivity contribution is 0.0699. The Balaban J connectivity index is 1.93. The molecule has 88 valence electrons. The minimum absolute atomic E-state index is 0.729. The summed E-state index contributed by atoms with van der Waals surface area (Å²) in [5.74, 6) is 0.729. The Labute approximate surface area is 113 Å². The van der Waals surface area contributed by atoms with Gasteiger partial charge in [-0.3, -0.25) is 0 Å². The third-order valence-corrected chi connectivity index (χ3v) is 4.19. The van der Waals surface area contributed by atoms with Crippen LogP contribution in [0.2, 0.25) is 0 Å². The zero-order valence-electron chi connectivity index (χ0n) is 9.01. The smallest absolute Gasteiger partial charge is 0.0629 e. The summed E-state index contributed by atoms with van der Waals surface area (Å²) in [4.78, 5) is 0. The van der Waals surface area contributed by atoms with E-state index in [2.05, 4.69) is 49.3 Å². The fraction of sp³-hybridized carbons (Fsp3) is 0.500. The van der Waals surface area contributed by atoms with Crippen molar-refractivity contribution in [3.63, 3.8) is 0 Å². The number of halogens is 2. The molecule has 2 nitrogen and oxygen atoms in total. The standard InChI is InChI=1S/C12H15Br2NO/c13-10-2-1-3-11(14)12(10)15-8-9-4-6-16-7-5-9/h1-3,9,15H,4-8H2. The van der Waals surface area contributed by atoms with Crippen LogP contribution in [0.4, 0.5) is 5.69 Å². The van der Waals surface area contributed by atoms with Gasteiger partial charge in [0, 0.05) is 28.7 Å². The van der Waals surface area contributed by atoms with Gasteiger partial charge in [0.15, 0.2) is 0 Å². The molecular formula is C12H15Br2NO. The zero-order chi connectivity index (χ0) is 11.4. The Bertz CT molecular complexity index is 331. The summed E-state index contributed by atoms with van der Waals surface area (Å²) in [6.45, 7) is 2.83. The monoisotopic (exact) mass is 347 g/mol. The van der Waals surface area contributed by atoms with E-state index in [0.717, 1.165) is 53.2 Å². The fourth-order valence-corrected chi connectivity index (χ4v) is 3.14. The maximum Gasteiger partial charge on any atom is 0.0629 e. The number of para-hydroxylation sites is 1. The number of hydrogen-bond acceptors (Lipinski definition) is 2. The van der Waals surface area contributed by atoms with Crippen molar-refractivity contribution in [2.24, 2.45) is 5.92 Å². The predicted molar refractivity (Wildman–Crippen MR) is 73.9 cm³/mol. The molecule has 1 aliphatic heterocycles. The van der Waals surface area contributed by atoms with E-state index in [0.29, 0.717) is 0 Å². The first-order valence-electron chi connectivity index (χ1n) is 5.53. The molecule has 1 N–H and O–H groups in total. The van der Waals surface area contributed by atoms with Gasteiger partial charge in [-0.15, -0.1) is 0 Å². The van der Waals surface area contributed by atoms with Crippen molar-refractivity contribution in [1.82, 2.24) is 0 Å². The van der Waals surface area contributed by atoms with Crippen LogP contribution in [-0.2, 0) is 4.74 Å². The molecule has 0 bridgehead atoms. The molecule has 1 saturated heterocycles. The summed E-state index contributed by atoms with van der Waals surface area (Å²) < 4.78 is 7.56. The van der Waals surface area contributed by atoms with Crippen molar-refractivity contribution in [3.05, 3.63) is 27.1 Å². The van der Waals surface area contributed by atoms with Crippen LogP contribution < -0.4 is 5.32 Å². The van der Waals surface area contributed by atoms with E-state index in [9.17, 15) is 0 Å². The average molecular weight is 349 g/mol. The molecule has 1 aromatic carbocycles. The maximum atomic E-state index is 5.35. The van der Waals surface area contributed by atoms with Gasteiger partial charge in [-0.2, -0.15) is 0 Å². The molecule has 0 amide bonds. The molecule has 16 heavy (non-hydrogen) atoms. The Kier molecular flexibility index (Phi) is 4.67. The molecule has 2 rings (SSSR count). The van der Waals surface area contributed by atoms with Crippen LogP contribution >= 0.6 is 31.9 Å². The Hall–Kier alpha value is -0.0600. The van der Waals surface area contributed by atoms with Crippen LogP contribution in [0.3, 0.4) is 0 Å². The maximum absolute atomic E-state index is 5.35. The molecule has 0 saturated carbocycles. The average Bonchev–Trinajstić information content (AvgIpc) is 2.30. The van der Waals surface area contributed by atoms with E-state index >= 15 is 0 Å². The normalized spacial score (nSPS) is 17.4. The highest BCUT2D eigenvalue weighted by Gasteiger charge is 2.14. The molecule has 0 unspecified atom stereocenters. The fourth-order valence-electron chi connectivity index (χ4n) is 1.86. The van der Waals surface area contributed by atoms with Gasteiger partial charge in [-0.1, -0.05) is 6.07 Å². The lowest BCUT2D eigenvalue weighted by Crippen LogP contribution is -2.22. The third kappa shape index (κ3) is 3.22. The number of nitrogens with one attached hydrogen (secondary N) is 1. The van der Waals surface area contributed by atoms with Crippen LogP contribution in [0.5, 0.6) is 0 Å². The van der Waals surface area contributed by atoms with Crippen LogP contribution in [0.15, 0.2) is 27.1 Å². The van der Waals surface area contributed by atoms with Crippen LogP contribution in [-0.4, -0.2) is 19.8 Å². The van der Waals surface area contributed by atoms with Crippen LogP contribution in [0.25, 0.3) is 0 Å². The second kappa shape index (κ2) is 6.03. The van der Waals surface area contributed by atoms with Crippen molar-refractivity contribution in [1.29, 1.82) is 0 Å². The topological polar surface area (TPSA) is 21.3 Å². The first-order chi connectivity index (χ1) is 7.77. The molecular weight excluding hydrogens is 334 g/mol. The summed E-state index contributed by atoms with van der Waals surface area (Å²) in [6, 6.07) is 6.13. The second-order valence-electron chi connectivity index (χ2n) is 4.03. The molecule has 1 aliphatic rings. The SMILES string of the molecule is Brc1cccc(Br)c1NCC1CCOCC1. The van der Waals surface area contributed by atoms with Gasteiger partial charge in [0.05, 0.1) is 5.69 Å². The molecule has 4 heteroatoms. The van der Waals surface area contributed by atoms with E-state index in [1.165, 1.54) is 0 Å². The molecule has 1 heterocycles. The molecule has 1 fully saturated rings. The minimum Gasteiger partial charge on any atom is -0.383 e. The highest BCUT2D eigenvalue weighted by Crippen LogP contribution is 2.31. The predicted octanol–water partition coefficient (Wildman–Crippen LogP) is 4.05. The summed E-state index contributed by atoms with van der Waals surface area (Å²) >= 11 is 7.11. The van der Waals surface area contributed by atoms with Gasteiger partial charge in [0.2, 0.25) is 0 Å². The lowest BCUT2D eigenvalue weighted by Gasteiger charge is -2.23. The van der Waals surface area contributed by atoms with E-state index in [1.54, 1.807) is 0 Å². The number of ether oxygens (including phenoxy) is 1. The van der Waals surface area contributed by atoms with Crippen LogP contribution in [0, 0.1) is 5.92 Å². The van der Waals surface area contributed by atoms with Crippen molar-refractivity contribution < 1.29 is 4.74 Å². The Morgan fingerprint density at radius 3 is 2.44 bits per heavy atom. The van der Waals surface area contributed by atoms with Crippen molar-refractivity contribution in [2.75, 3.05) is 25.1 Å². The van der Waals surface area contributed by atoms with Gasteiger partial charge in [-0.05, 0) is 62.8 Å². The summed E-state index contributed by atoms with van der Waals surface area (Å²) in [5, 5.41) is 3.50. The molecule has 0 aliphatic carbocycles. The first kappa shape index (κ1) is 12.4. The summed E-state index contributed by atoms with van der Waals surface area (Å²) in [6.07, 6.45) is 2.32. The highest BCUT2D eigenvalue weighted by atomic mass is 79.9. The Morgan fingerprint density at radius 1 is 1.19 bits per heavy atom. The van der Waals surface area contributed by atoms with Crippen molar-refractivity contribution in [2.45, 2.75) is 12.8 Å².